The van der Waals surface area contributed by atoms with Gasteiger partial charge in [-0.2, -0.15) is 0 Å². The van der Waals surface area contributed by atoms with Crippen LogP contribution < -0.4 is 4.43 Å². The molecule has 0 heterocycles. The topological polar surface area (TPSA) is 0 Å². The van der Waals surface area contributed by atoms with Gasteiger partial charge in [-0.1, -0.05) is 30.3 Å². The lowest BCUT2D eigenvalue weighted by molar-refractivity contribution is 1.78. The zero-order valence-corrected chi connectivity index (χ0v) is 7.61. The maximum atomic E-state index is 2.15. The Kier molecular flexibility index (Phi) is 4.00. The minimum atomic E-state index is 0. The summed E-state index contributed by atoms with van der Waals surface area (Å²) >= 11 is 1.17. The average molecular weight is 143 g/mol. The van der Waals surface area contributed by atoms with E-state index >= 15 is 0 Å². The Hall–Kier alpha value is 0.0425. The Morgan fingerprint density at radius 1 is 1.00 bits per heavy atom. The molecule has 0 amide bonds. The van der Waals surface area contributed by atoms with Crippen molar-refractivity contribution in [1.29, 1.82) is 0 Å². The first-order valence-electron chi connectivity index (χ1n) is 2.41. The van der Waals surface area contributed by atoms with Crippen molar-refractivity contribution < 1.29 is 0 Å². The van der Waals surface area contributed by atoms with Crippen LogP contribution in [0.5, 0.6) is 0 Å². The summed E-state index contributed by atoms with van der Waals surface area (Å²) < 4.78 is 1.46. The zero-order valence-electron chi connectivity index (χ0n) is 4.79. The Morgan fingerprint density at radius 3 is 1.75 bits per heavy atom. The van der Waals surface area contributed by atoms with E-state index in [1.54, 1.807) is 0 Å². The molecule has 0 saturated heterocycles. The molecule has 42 valence electrons. The van der Waals surface area contributed by atoms with Gasteiger partial charge >= 0.3 is 0 Å². The van der Waals surface area contributed by atoms with Crippen molar-refractivity contribution in [1.82, 2.24) is 0 Å². The molecule has 0 aliphatic carbocycles. The number of hydrogen-bond donors (Lipinski definition) is 0. The van der Waals surface area contributed by atoms with Crippen LogP contribution in [0.1, 0.15) is 0 Å². The van der Waals surface area contributed by atoms with E-state index in [0.29, 0.717) is 0 Å². The summed E-state index contributed by atoms with van der Waals surface area (Å²) in [6, 6.07) is 10.5. The summed E-state index contributed by atoms with van der Waals surface area (Å²) in [7, 11) is 0. The number of hydrogen-bond acceptors (Lipinski definition) is 0. The normalized spacial score (nSPS) is 7.50. The first-order chi connectivity index (χ1) is 3.39. The first kappa shape index (κ1) is 8.04. The summed E-state index contributed by atoms with van der Waals surface area (Å²) in [4.78, 5) is 0. The van der Waals surface area contributed by atoms with E-state index < -0.39 is 0 Å². The van der Waals surface area contributed by atoms with Crippen LogP contribution in [0.4, 0.5) is 0 Å². The third kappa shape index (κ3) is 2.38. The molecule has 0 atom stereocenters. The van der Waals surface area contributed by atoms with E-state index in [9.17, 15) is 0 Å². The van der Waals surface area contributed by atoms with Crippen molar-refractivity contribution in [3.05, 3.63) is 30.3 Å². The van der Waals surface area contributed by atoms with Crippen LogP contribution in [0.2, 0.25) is 0 Å². The fourth-order valence-corrected chi connectivity index (χ4v) is 0.919. The summed E-state index contributed by atoms with van der Waals surface area (Å²) in [5.74, 6) is 0. The van der Waals surface area contributed by atoms with E-state index in [4.69, 9.17) is 0 Å². The molecule has 8 heavy (non-hydrogen) atoms. The molecule has 0 nitrogen and oxygen atoms in total. The molecule has 0 N–H and O–H groups in total. The van der Waals surface area contributed by atoms with Gasteiger partial charge in [0.25, 0.3) is 16.3 Å². The van der Waals surface area contributed by atoms with Crippen LogP contribution in [0.3, 0.4) is 0 Å². The number of halogens is 1. The van der Waals surface area contributed by atoms with Gasteiger partial charge in [0.15, 0.2) is 0 Å². The molecule has 0 unspecified atom stereocenters. The molecular weight excluding hydrogens is 135 g/mol. The van der Waals surface area contributed by atoms with Crippen molar-refractivity contribution in [3.8, 4) is 0 Å². The fourth-order valence-electron chi connectivity index (χ4n) is 0.534. The highest BCUT2D eigenvalue weighted by Gasteiger charge is 1.72. The molecule has 0 spiro atoms. The minimum absolute atomic E-state index is 0. The van der Waals surface area contributed by atoms with Gasteiger partial charge in [-0.3, -0.25) is 0 Å². The predicted molar refractivity (Wildman–Crippen MR) is 41.9 cm³/mol. The Labute approximate surface area is 63.7 Å². The lowest BCUT2D eigenvalue weighted by Crippen LogP contribution is -1.97. The Morgan fingerprint density at radius 2 is 1.50 bits per heavy atom. The highest BCUT2D eigenvalue weighted by molar-refractivity contribution is 6.32. The second-order valence-electron chi connectivity index (χ2n) is 1.65. The zero-order chi connectivity index (χ0) is 5.11. The standard InChI is InChI=1S/C6H5.Al.ClH.2H/c1-2-4-6-5-3-1;;;;/h1-5H;;1H;;. The minimum Gasteiger partial charge on any atom is -0.147 e. The monoisotopic (exact) mass is 142 g/mol. The fraction of sp³-hybridized carbons (Fsp3) is 0. The lowest BCUT2D eigenvalue weighted by Gasteiger charge is -1.83. The molecule has 0 aliphatic rings. The summed E-state index contributed by atoms with van der Waals surface area (Å²) in [6.45, 7) is 0. The molecule has 0 bridgehead atoms. The molecule has 1 aromatic carbocycles. The van der Waals surface area contributed by atoms with Gasteiger partial charge in [-0.05, 0) is 0 Å². The van der Waals surface area contributed by atoms with Crippen molar-refractivity contribution in [2.24, 2.45) is 0 Å². The maximum absolute atomic E-state index is 2.15. The van der Waals surface area contributed by atoms with Gasteiger partial charge in [0.1, 0.15) is 0 Å². The van der Waals surface area contributed by atoms with Crippen LogP contribution in [0, 0.1) is 0 Å². The van der Waals surface area contributed by atoms with E-state index in [2.05, 4.69) is 24.3 Å². The molecule has 0 fully saturated rings. The van der Waals surface area contributed by atoms with Crippen LogP contribution in [-0.2, 0) is 0 Å². The molecule has 0 saturated carbocycles. The lowest BCUT2D eigenvalue weighted by atomic mass is 10.4. The van der Waals surface area contributed by atoms with E-state index in [-0.39, 0.29) is 12.4 Å². The Balaban J connectivity index is 0.000000490. The van der Waals surface area contributed by atoms with Gasteiger partial charge in [0, 0.05) is 0 Å². The van der Waals surface area contributed by atoms with E-state index in [1.807, 2.05) is 6.07 Å². The van der Waals surface area contributed by atoms with Crippen molar-refractivity contribution >= 4 is 33.1 Å². The second kappa shape index (κ2) is 3.98. The van der Waals surface area contributed by atoms with Gasteiger partial charge in [-0.25, -0.2) is 0 Å². The molecule has 1 aromatic rings. The second-order valence-corrected chi connectivity index (χ2v) is 2.81. The average Bonchev–Trinajstić information content (AvgIpc) is 1.69. The Bertz CT molecular complexity index is 138. The molecule has 0 radical (unpaired) electrons. The van der Waals surface area contributed by atoms with Crippen LogP contribution in [0.15, 0.2) is 30.3 Å². The molecule has 0 aromatic heterocycles. The van der Waals surface area contributed by atoms with Gasteiger partial charge in [0.05, 0.1) is 0 Å². The third-order valence-corrected chi connectivity index (χ3v) is 1.61. The van der Waals surface area contributed by atoms with E-state index in [1.165, 1.54) is 20.7 Å². The third-order valence-electron chi connectivity index (χ3n) is 0.940. The van der Waals surface area contributed by atoms with Gasteiger partial charge < -0.3 is 0 Å². The number of benzene rings is 1. The molecular formula is C6H8AlCl. The quantitative estimate of drug-likeness (QED) is 0.459. The largest absolute Gasteiger partial charge is 0.258 e. The van der Waals surface area contributed by atoms with Crippen LogP contribution in [-0.4, -0.2) is 16.3 Å². The highest BCUT2D eigenvalue weighted by Crippen LogP contribution is 1.76. The van der Waals surface area contributed by atoms with Crippen molar-refractivity contribution in [3.63, 3.8) is 0 Å². The highest BCUT2D eigenvalue weighted by atomic mass is 35.5. The van der Waals surface area contributed by atoms with Gasteiger partial charge in [0.2, 0.25) is 0 Å². The summed E-state index contributed by atoms with van der Waals surface area (Å²) in [5.41, 5.74) is 0. The molecule has 0 aliphatic heterocycles. The summed E-state index contributed by atoms with van der Waals surface area (Å²) in [6.07, 6.45) is 0. The maximum Gasteiger partial charge on any atom is 0.258 e. The van der Waals surface area contributed by atoms with Crippen LogP contribution in [0.25, 0.3) is 0 Å². The molecule has 2 heteroatoms. The van der Waals surface area contributed by atoms with E-state index in [0.717, 1.165) is 0 Å². The smallest absolute Gasteiger partial charge is 0.147 e. The SMILES string of the molecule is Cl.[AlH2][c]1ccccc1. The predicted octanol–water partition coefficient (Wildman–Crippen LogP) is 0.367. The summed E-state index contributed by atoms with van der Waals surface area (Å²) in [5, 5.41) is 0. The van der Waals surface area contributed by atoms with Crippen molar-refractivity contribution in [2.75, 3.05) is 0 Å². The number of rotatable bonds is 0. The van der Waals surface area contributed by atoms with Crippen LogP contribution >= 0.6 is 12.4 Å². The van der Waals surface area contributed by atoms with Crippen molar-refractivity contribution in [2.45, 2.75) is 0 Å². The molecule has 1 rings (SSSR count). The first-order valence-corrected chi connectivity index (χ1v) is 3.41. The van der Waals surface area contributed by atoms with Gasteiger partial charge in [-0.15, -0.1) is 16.8 Å².